The molecule has 2 aromatic rings. The van der Waals surface area contributed by atoms with E-state index in [1.165, 1.54) is 0 Å². The van der Waals surface area contributed by atoms with Crippen LogP contribution in [0.3, 0.4) is 0 Å². The zero-order valence-electron chi connectivity index (χ0n) is 10.9. The Labute approximate surface area is 113 Å². The number of halogens is 1. The summed E-state index contributed by atoms with van der Waals surface area (Å²) >= 11 is 6.17. The average molecular weight is 264 g/mol. The van der Waals surface area contributed by atoms with Crippen molar-refractivity contribution in [1.82, 2.24) is 9.78 Å². The monoisotopic (exact) mass is 263 g/mol. The molecule has 0 amide bonds. The molecule has 0 bridgehead atoms. The first-order valence-corrected chi connectivity index (χ1v) is 6.46. The van der Waals surface area contributed by atoms with Gasteiger partial charge in [0.15, 0.2) is 0 Å². The molecular weight excluding hydrogens is 246 g/mol. The van der Waals surface area contributed by atoms with E-state index in [0.29, 0.717) is 12.5 Å². The van der Waals surface area contributed by atoms with Crippen LogP contribution in [0.15, 0.2) is 24.4 Å². The minimum Gasteiger partial charge on any atom is -0.326 e. The van der Waals surface area contributed by atoms with E-state index in [4.69, 9.17) is 17.3 Å². The fourth-order valence-corrected chi connectivity index (χ4v) is 2.35. The van der Waals surface area contributed by atoms with Crippen molar-refractivity contribution in [3.63, 3.8) is 0 Å². The second-order valence-electron chi connectivity index (χ2n) is 4.71. The minimum atomic E-state index is 0.365. The molecule has 0 aliphatic rings. The molecule has 0 saturated heterocycles. The number of rotatable bonds is 3. The van der Waals surface area contributed by atoms with E-state index in [-0.39, 0.29) is 0 Å². The van der Waals surface area contributed by atoms with Gasteiger partial charge in [0.05, 0.1) is 17.6 Å². The lowest BCUT2D eigenvalue weighted by molar-refractivity contribution is 0.723. The van der Waals surface area contributed by atoms with Crippen LogP contribution in [0, 0.1) is 6.92 Å². The molecule has 0 unspecified atom stereocenters. The Bertz CT molecular complexity index is 558. The molecule has 1 aromatic carbocycles. The van der Waals surface area contributed by atoms with Crippen LogP contribution in [0.2, 0.25) is 5.02 Å². The highest BCUT2D eigenvalue weighted by Crippen LogP contribution is 2.27. The van der Waals surface area contributed by atoms with Crippen molar-refractivity contribution in [1.29, 1.82) is 0 Å². The predicted octanol–water partition coefficient (Wildman–Crippen LogP) is 3.42. The zero-order chi connectivity index (χ0) is 13.3. The average Bonchev–Trinajstić information content (AvgIpc) is 2.76. The van der Waals surface area contributed by atoms with Gasteiger partial charge in [-0.05, 0) is 30.5 Å². The van der Waals surface area contributed by atoms with Crippen LogP contribution in [0.25, 0.3) is 5.69 Å². The molecule has 4 heteroatoms. The van der Waals surface area contributed by atoms with Gasteiger partial charge in [0, 0.05) is 17.1 Å². The highest BCUT2D eigenvalue weighted by molar-refractivity contribution is 6.31. The predicted molar refractivity (Wildman–Crippen MR) is 75.3 cm³/mol. The van der Waals surface area contributed by atoms with Crippen LogP contribution in [-0.4, -0.2) is 9.78 Å². The van der Waals surface area contributed by atoms with Gasteiger partial charge in [0.1, 0.15) is 0 Å². The summed E-state index contributed by atoms with van der Waals surface area (Å²) in [5.74, 6) is 0.365. The van der Waals surface area contributed by atoms with E-state index in [2.05, 4.69) is 18.9 Å². The van der Waals surface area contributed by atoms with Crippen LogP contribution < -0.4 is 5.73 Å². The van der Waals surface area contributed by atoms with E-state index in [0.717, 1.165) is 27.5 Å². The van der Waals surface area contributed by atoms with Gasteiger partial charge >= 0.3 is 0 Å². The molecule has 96 valence electrons. The van der Waals surface area contributed by atoms with E-state index in [9.17, 15) is 0 Å². The van der Waals surface area contributed by atoms with Gasteiger partial charge in [-0.25, -0.2) is 4.68 Å². The third-order valence-corrected chi connectivity index (χ3v) is 3.53. The number of nitrogens with zero attached hydrogens (tertiary/aromatic N) is 2. The van der Waals surface area contributed by atoms with Crippen molar-refractivity contribution >= 4 is 11.6 Å². The van der Waals surface area contributed by atoms with Crippen molar-refractivity contribution in [3.05, 3.63) is 46.2 Å². The number of hydrogen-bond donors (Lipinski definition) is 1. The Balaban J connectivity index is 2.64. The second-order valence-corrected chi connectivity index (χ2v) is 5.12. The molecule has 3 nitrogen and oxygen atoms in total. The Morgan fingerprint density at radius 2 is 2.11 bits per heavy atom. The smallest absolute Gasteiger partial charge is 0.0693 e. The molecule has 1 heterocycles. The van der Waals surface area contributed by atoms with Crippen molar-refractivity contribution in [2.75, 3.05) is 0 Å². The normalized spacial score (nSPS) is 11.2. The first kappa shape index (κ1) is 13.1. The molecular formula is C14H18ClN3. The third-order valence-electron chi connectivity index (χ3n) is 3.12. The van der Waals surface area contributed by atoms with Gasteiger partial charge in [-0.2, -0.15) is 5.10 Å². The highest BCUT2D eigenvalue weighted by atomic mass is 35.5. The fraction of sp³-hybridized carbons (Fsp3) is 0.357. The highest BCUT2D eigenvalue weighted by Gasteiger charge is 2.16. The maximum absolute atomic E-state index is 6.17. The molecule has 1 aromatic heterocycles. The summed E-state index contributed by atoms with van der Waals surface area (Å²) in [7, 11) is 0. The summed E-state index contributed by atoms with van der Waals surface area (Å²) in [6.45, 7) is 6.80. The van der Waals surface area contributed by atoms with Gasteiger partial charge < -0.3 is 5.73 Å². The van der Waals surface area contributed by atoms with Crippen molar-refractivity contribution in [2.24, 2.45) is 5.73 Å². The Morgan fingerprint density at radius 3 is 2.72 bits per heavy atom. The van der Waals surface area contributed by atoms with Crippen LogP contribution >= 0.6 is 11.6 Å². The van der Waals surface area contributed by atoms with Crippen LogP contribution in [0.5, 0.6) is 0 Å². The van der Waals surface area contributed by atoms with Crippen molar-refractivity contribution in [2.45, 2.75) is 33.2 Å². The van der Waals surface area contributed by atoms with Gasteiger partial charge in [0.25, 0.3) is 0 Å². The molecule has 0 radical (unpaired) electrons. The van der Waals surface area contributed by atoms with E-state index >= 15 is 0 Å². The maximum Gasteiger partial charge on any atom is 0.0693 e. The summed E-state index contributed by atoms with van der Waals surface area (Å²) in [6.07, 6.45) is 1.84. The van der Waals surface area contributed by atoms with Crippen LogP contribution in [-0.2, 0) is 6.54 Å². The molecule has 0 spiro atoms. The molecule has 0 fully saturated rings. The van der Waals surface area contributed by atoms with Gasteiger partial charge in [-0.15, -0.1) is 0 Å². The van der Waals surface area contributed by atoms with E-state index in [1.807, 2.05) is 36.0 Å². The Kier molecular flexibility index (Phi) is 3.73. The number of benzene rings is 1. The summed E-state index contributed by atoms with van der Waals surface area (Å²) in [6, 6.07) is 5.86. The Hall–Kier alpha value is -1.32. The summed E-state index contributed by atoms with van der Waals surface area (Å²) < 4.78 is 1.95. The second kappa shape index (κ2) is 5.12. The summed E-state index contributed by atoms with van der Waals surface area (Å²) in [5, 5.41) is 5.21. The van der Waals surface area contributed by atoms with Crippen molar-refractivity contribution < 1.29 is 0 Å². The van der Waals surface area contributed by atoms with E-state index < -0.39 is 0 Å². The summed E-state index contributed by atoms with van der Waals surface area (Å²) in [5.41, 5.74) is 10.1. The first-order chi connectivity index (χ1) is 8.56. The van der Waals surface area contributed by atoms with Gasteiger partial charge in [-0.3, -0.25) is 0 Å². The molecule has 2 rings (SSSR count). The van der Waals surface area contributed by atoms with Crippen LogP contribution in [0.4, 0.5) is 0 Å². The first-order valence-electron chi connectivity index (χ1n) is 6.08. The molecule has 0 aliphatic carbocycles. The SMILES string of the molecule is Cc1c(Cl)cccc1-n1ncc(CN)c1C(C)C. The largest absolute Gasteiger partial charge is 0.326 e. The topological polar surface area (TPSA) is 43.8 Å². The van der Waals surface area contributed by atoms with Crippen LogP contribution in [0.1, 0.15) is 36.6 Å². The molecule has 18 heavy (non-hydrogen) atoms. The quantitative estimate of drug-likeness (QED) is 0.922. The van der Waals surface area contributed by atoms with Gasteiger partial charge in [-0.1, -0.05) is 31.5 Å². The number of aromatic nitrogens is 2. The number of nitrogens with two attached hydrogens (primary N) is 1. The molecule has 0 aliphatic heterocycles. The fourth-order valence-electron chi connectivity index (χ4n) is 2.18. The standard InChI is InChI=1S/C14H18ClN3/c1-9(2)14-11(7-16)8-17-18(14)13-6-4-5-12(15)10(13)3/h4-6,8-9H,7,16H2,1-3H3. The molecule has 2 N–H and O–H groups in total. The lowest BCUT2D eigenvalue weighted by atomic mass is 10.1. The zero-order valence-corrected chi connectivity index (χ0v) is 11.7. The maximum atomic E-state index is 6.17. The third kappa shape index (κ3) is 2.16. The Morgan fingerprint density at radius 1 is 1.39 bits per heavy atom. The minimum absolute atomic E-state index is 0.365. The summed E-state index contributed by atoms with van der Waals surface area (Å²) in [4.78, 5) is 0. The molecule has 0 atom stereocenters. The van der Waals surface area contributed by atoms with E-state index in [1.54, 1.807) is 0 Å². The van der Waals surface area contributed by atoms with Gasteiger partial charge in [0.2, 0.25) is 0 Å². The molecule has 0 saturated carbocycles. The number of hydrogen-bond acceptors (Lipinski definition) is 2. The lowest BCUT2D eigenvalue weighted by Gasteiger charge is -2.14. The van der Waals surface area contributed by atoms with Crippen molar-refractivity contribution in [3.8, 4) is 5.69 Å². The lowest BCUT2D eigenvalue weighted by Crippen LogP contribution is -2.08.